The van der Waals surface area contributed by atoms with Crippen molar-refractivity contribution < 1.29 is 13.9 Å². The Balaban J connectivity index is 1.87. The molecule has 3 nitrogen and oxygen atoms in total. The van der Waals surface area contributed by atoms with Crippen LogP contribution in [0.1, 0.15) is 28.2 Å². The maximum Gasteiger partial charge on any atom is 0.130 e. The lowest BCUT2D eigenvalue weighted by atomic mass is 9.92. The van der Waals surface area contributed by atoms with E-state index < -0.39 is 0 Å². The zero-order valence-electron chi connectivity index (χ0n) is 15.6. The number of hydrogen-bond donors (Lipinski definition) is 0. The van der Waals surface area contributed by atoms with Gasteiger partial charge in [-0.05, 0) is 77.6 Å². The van der Waals surface area contributed by atoms with Gasteiger partial charge >= 0.3 is 0 Å². The molecule has 0 saturated carbocycles. The Morgan fingerprint density at radius 3 is 2.23 bits per heavy atom. The molecule has 0 bridgehead atoms. The van der Waals surface area contributed by atoms with Crippen LogP contribution in [-0.2, 0) is 6.42 Å². The van der Waals surface area contributed by atoms with E-state index in [9.17, 15) is 0 Å². The van der Waals surface area contributed by atoms with Crippen LogP contribution in [0, 0.1) is 13.8 Å². The van der Waals surface area contributed by atoms with Gasteiger partial charge in [0.1, 0.15) is 23.0 Å². The SMILES string of the molecule is COc1cc(OC)cc(-c2c(C)ccc3c2C=C(c2ccc(C)o2)C3)c1. The molecule has 0 unspecified atom stereocenters. The molecule has 4 rings (SSSR count). The van der Waals surface area contributed by atoms with Crippen molar-refractivity contribution in [2.45, 2.75) is 20.3 Å². The van der Waals surface area contributed by atoms with E-state index in [0.29, 0.717) is 0 Å². The second-order valence-corrected chi connectivity index (χ2v) is 6.69. The van der Waals surface area contributed by atoms with Crippen molar-refractivity contribution in [3.8, 4) is 22.6 Å². The first kappa shape index (κ1) is 16.5. The fourth-order valence-electron chi connectivity index (χ4n) is 3.62. The van der Waals surface area contributed by atoms with Gasteiger partial charge in [-0.1, -0.05) is 12.1 Å². The highest BCUT2D eigenvalue weighted by Crippen LogP contribution is 2.41. The van der Waals surface area contributed by atoms with Crippen LogP contribution in [0.15, 0.2) is 46.9 Å². The van der Waals surface area contributed by atoms with Gasteiger partial charge in [-0.3, -0.25) is 0 Å². The van der Waals surface area contributed by atoms with Crippen molar-refractivity contribution >= 4 is 11.6 Å². The predicted molar refractivity (Wildman–Crippen MR) is 105 cm³/mol. The smallest absolute Gasteiger partial charge is 0.130 e. The van der Waals surface area contributed by atoms with Gasteiger partial charge in [-0.15, -0.1) is 0 Å². The molecule has 1 heterocycles. The second-order valence-electron chi connectivity index (χ2n) is 6.69. The maximum atomic E-state index is 5.84. The molecule has 0 aliphatic heterocycles. The second kappa shape index (κ2) is 6.41. The fourth-order valence-corrected chi connectivity index (χ4v) is 3.62. The summed E-state index contributed by atoms with van der Waals surface area (Å²) in [5.74, 6) is 3.47. The van der Waals surface area contributed by atoms with Gasteiger partial charge in [-0.25, -0.2) is 0 Å². The summed E-state index contributed by atoms with van der Waals surface area (Å²) in [6.07, 6.45) is 3.14. The Kier molecular flexibility index (Phi) is 4.08. The number of fused-ring (bicyclic) bond motifs is 1. The van der Waals surface area contributed by atoms with Crippen LogP contribution in [0.2, 0.25) is 0 Å². The van der Waals surface area contributed by atoms with E-state index in [4.69, 9.17) is 13.9 Å². The highest BCUT2D eigenvalue weighted by molar-refractivity contribution is 5.94. The molecule has 0 saturated heterocycles. The van der Waals surface area contributed by atoms with Crippen molar-refractivity contribution in [3.05, 3.63) is 70.7 Å². The van der Waals surface area contributed by atoms with Gasteiger partial charge < -0.3 is 13.9 Å². The summed E-state index contributed by atoms with van der Waals surface area (Å²) in [5.41, 5.74) is 7.34. The molecule has 2 aromatic carbocycles. The molecule has 0 radical (unpaired) electrons. The minimum Gasteiger partial charge on any atom is -0.497 e. The first-order chi connectivity index (χ1) is 12.6. The highest BCUT2D eigenvalue weighted by Gasteiger charge is 2.21. The van der Waals surface area contributed by atoms with E-state index in [1.807, 2.05) is 25.1 Å². The molecule has 3 heteroatoms. The number of furan rings is 1. The van der Waals surface area contributed by atoms with E-state index in [1.54, 1.807) is 14.2 Å². The molecule has 1 aliphatic carbocycles. The van der Waals surface area contributed by atoms with Gasteiger partial charge in [0.25, 0.3) is 0 Å². The molecule has 26 heavy (non-hydrogen) atoms. The number of rotatable bonds is 4. The third-order valence-corrected chi connectivity index (χ3v) is 4.94. The van der Waals surface area contributed by atoms with Gasteiger partial charge in [0.2, 0.25) is 0 Å². The quantitative estimate of drug-likeness (QED) is 0.609. The maximum absolute atomic E-state index is 5.84. The number of hydrogen-bond acceptors (Lipinski definition) is 3. The van der Waals surface area contributed by atoms with E-state index >= 15 is 0 Å². The Morgan fingerprint density at radius 1 is 0.885 bits per heavy atom. The molecular weight excluding hydrogens is 324 g/mol. The van der Waals surface area contributed by atoms with Crippen LogP contribution >= 0.6 is 0 Å². The molecule has 1 aliphatic rings. The number of benzene rings is 2. The lowest BCUT2D eigenvalue weighted by Gasteiger charge is -2.14. The topological polar surface area (TPSA) is 31.6 Å². The zero-order valence-corrected chi connectivity index (χ0v) is 15.6. The third kappa shape index (κ3) is 2.80. The molecule has 132 valence electrons. The standard InChI is InChI=1S/C23H22O3/c1-14-5-7-16-9-17(22-8-6-15(2)26-22)12-21(16)23(14)18-10-19(24-3)13-20(11-18)25-4/h5-8,10-13H,9H2,1-4H3. The summed E-state index contributed by atoms with van der Waals surface area (Å²) in [6, 6.07) is 14.5. The molecule has 0 atom stereocenters. The van der Waals surface area contributed by atoms with Crippen molar-refractivity contribution in [2.24, 2.45) is 0 Å². The minimum atomic E-state index is 0.792. The van der Waals surface area contributed by atoms with E-state index in [0.717, 1.165) is 35.0 Å². The summed E-state index contributed by atoms with van der Waals surface area (Å²) in [4.78, 5) is 0. The van der Waals surface area contributed by atoms with Crippen molar-refractivity contribution in [1.29, 1.82) is 0 Å². The number of ether oxygens (including phenoxy) is 2. The Bertz CT molecular complexity index is 986. The van der Waals surface area contributed by atoms with E-state index in [1.165, 1.54) is 27.8 Å². The summed E-state index contributed by atoms with van der Waals surface area (Å²) in [6.45, 7) is 4.12. The van der Waals surface area contributed by atoms with Crippen LogP contribution in [0.5, 0.6) is 11.5 Å². The first-order valence-corrected chi connectivity index (χ1v) is 8.72. The van der Waals surface area contributed by atoms with Gasteiger partial charge in [0.15, 0.2) is 0 Å². The number of allylic oxidation sites excluding steroid dienone is 1. The fraction of sp³-hybridized carbons (Fsp3) is 0.217. The summed E-state index contributed by atoms with van der Waals surface area (Å²) >= 11 is 0. The van der Waals surface area contributed by atoms with Gasteiger partial charge in [0.05, 0.1) is 14.2 Å². The minimum absolute atomic E-state index is 0.792. The largest absolute Gasteiger partial charge is 0.497 e. The average Bonchev–Trinajstić information content (AvgIpc) is 3.27. The normalized spacial score (nSPS) is 12.7. The van der Waals surface area contributed by atoms with Gasteiger partial charge in [-0.2, -0.15) is 0 Å². The van der Waals surface area contributed by atoms with Crippen LogP contribution in [0.4, 0.5) is 0 Å². The van der Waals surface area contributed by atoms with E-state index in [-0.39, 0.29) is 0 Å². The molecular formula is C23H22O3. The zero-order chi connectivity index (χ0) is 18.3. The summed E-state index contributed by atoms with van der Waals surface area (Å²) in [5, 5.41) is 0. The lowest BCUT2D eigenvalue weighted by molar-refractivity contribution is 0.394. The Morgan fingerprint density at radius 2 is 1.62 bits per heavy atom. The number of methoxy groups -OCH3 is 2. The first-order valence-electron chi connectivity index (χ1n) is 8.72. The third-order valence-electron chi connectivity index (χ3n) is 4.94. The monoisotopic (exact) mass is 346 g/mol. The van der Waals surface area contributed by atoms with Crippen LogP contribution in [0.25, 0.3) is 22.8 Å². The molecule has 0 spiro atoms. The molecule has 0 N–H and O–H groups in total. The molecule has 3 aromatic rings. The van der Waals surface area contributed by atoms with Crippen LogP contribution in [-0.4, -0.2) is 14.2 Å². The van der Waals surface area contributed by atoms with Crippen LogP contribution < -0.4 is 9.47 Å². The van der Waals surface area contributed by atoms with Crippen LogP contribution in [0.3, 0.4) is 0 Å². The Hall–Kier alpha value is -2.94. The van der Waals surface area contributed by atoms with Crippen molar-refractivity contribution in [3.63, 3.8) is 0 Å². The molecule has 1 aromatic heterocycles. The van der Waals surface area contributed by atoms with Crippen molar-refractivity contribution in [1.82, 2.24) is 0 Å². The average molecular weight is 346 g/mol. The highest BCUT2D eigenvalue weighted by atomic mass is 16.5. The lowest BCUT2D eigenvalue weighted by Crippen LogP contribution is -1.94. The predicted octanol–water partition coefficient (Wildman–Crippen LogP) is 5.68. The van der Waals surface area contributed by atoms with Gasteiger partial charge in [0, 0.05) is 12.5 Å². The summed E-state index contributed by atoms with van der Waals surface area (Å²) < 4.78 is 16.8. The van der Waals surface area contributed by atoms with Crippen molar-refractivity contribution in [2.75, 3.05) is 14.2 Å². The molecule has 0 fully saturated rings. The summed E-state index contributed by atoms with van der Waals surface area (Å²) in [7, 11) is 3.36. The van der Waals surface area contributed by atoms with E-state index in [2.05, 4.69) is 37.3 Å². The number of aryl methyl sites for hydroxylation is 2. The Labute approximate surface area is 153 Å². The molecule has 0 amide bonds.